The number of ether oxygens (including phenoxy) is 1. The van der Waals surface area contributed by atoms with Gasteiger partial charge in [0.1, 0.15) is 5.82 Å². The predicted molar refractivity (Wildman–Crippen MR) is 75.8 cm³/mol. The molecule has 0 spiro atoms. The van der Waals surface area contributed by atoms with Crippen LogP contribution in [0.5, 0.6) is 0 Å². The van der Waals surface area contributed by atoms with E-state index in [1.165, 1.54) is 11.1 Å². The third kappa shape index (κ3) is 4.29. The lowest BCUT2D eigenvalue weighted by Crippen LogP contribution is -2.20. The summed E-state index contributed by atoms with van der Waals surface area (Å²) in [6, 6.07) is 5.57. The Balaban J connectivity index is 1.69. The van der Waals surface area contributed by atoms with Crippen LogP contribution in [0.25, 0.3) is 0 Å². The molecule has 0 fully saturated rings. The first kappa shape index (κ1) is 14.5. The zero-order chi connectivity index (χ0) is 13.7. The highest BCUT2D eigenvalue weighted by atomic mass is 19.1. The Morgan fingerprint density at radius 2 is 2.21 bits per heavy atom. The molecule has 1 aromatic rings. The Hall–Kier alpha value is -0.930. The summed E-state index contributed by atoms with van der Waals surface area (Å²) >= 11 is 0. The summed E-state index contributed by atoms with van der Waals surface area (Å²) in [5.74, 6) is -0.120. The van der Waals surface area contributed by atoms with Gasteiger partial charge in [-0.2, -0.15) is 0 Å². The number of hydrogen-bond acceptors (Lipinski definition) is 2. The number of unbranched alkanes of at least 4 members (excludes halogenated alkanes) is 1. The topological polar surface area (TPSA) is 21.3 Å². The average molecular weight is 265 g/mol. The van der Waals surface area contributed by atoms with Gasteiger partial charge in [0.15, 0.2) is 0 Å². The third-order valence-electron chi connectivity index (χ3n) is 3.60. The zero-order valence-electron chi connectivity index (χ0n) is 11.9. The summed E-state index contributed by atoms with van der Waals surface area (Å²) in [4.78, 5) is 0. The number of hydrogen-bond donors (Lipinski definition) is 1. The van der Waals surface area contributed by atoms with E-state index in [1.807, 2.05) is 6.07 Å². The third-order valence-corrected chi connectivity index (χ3v) is 3.60. The molecule has 0 saturated heterocycles. The summed E-state index contributed by atoms with van der Waals surface area (Å²) < 4.78 is 18.6. The summed E-state index contributed by atoms with van der Waals surface area (Å²) in [5, 5.41) is 3.57. The van der Waals surface area contributed by atoms with Gasteiger partial charge in [0.25, 0.3) is 0 Å². The van der Waals surface area contributed by atoms with Gasteiger partial charge in [0.05, 0.1) is 6.10 Å². The van der Waals surface area contributed by atoms with Crippen LogP contribution in [0.2, 0.25) is 0 Å². The van der Waals surface area contributed by atoms with Crippen molar-refractivity contribution in [3.63, 3.8) is 0 Å². The Kier molecular flexibility index (Phi) is 5.34. The van der Waals surface area contributed by atoms with E-state index in [2.05, 4.69) is 19.2 Å². The van der Waals surface area contributed by atoms with Gasteiger partial charge in [-0.15, -0.1) is 0 Å². The van der Waals surface area contributed by atoms with Gasteiger partial charge in [0, 0.05) is 12.6 Å². The van der Waals surface area contributed by atoms with E-state index in [-0.39, 0.29) is 5.82 Å². The van der Waals surface area contributed by atoms with E-state index in [1.54, 1.807) is 12.1 Å². The van der Waals surface area contributed by atoms with Gasteiger partial charge >= 0.3 is 0 Å². The van der Waals surface area contributed by atoms with Crippen LogP contribution in [0.3, 0.4) is 0 Å². The monoisotopic (exact) mass is 265 g/mol. The lowest BCUT2D eigenvalue weighted by molar-refractivity contribution is 0.0759. The fourth-order valence-corrected chi connectivity index (χ4v) is 2.62. The molecule has 0 radical (unpaired) electrons. The molecule has 1 aliphatic rings. The molecule has 0 saturated carbocycles. The van der Waals surface area contributed by atoms with Crippen molar-refractivity contribution >= 4 is 0 Å². The Morgan fingerprint density at radius 3 is 3.00 bits per heavy atom. The van der Waals surface area contributed by atoms with Gasteiger partial charge in [0.2, 0.25) is 0 Å². The van der Waals surface area contributed by atoms with E-state index in [0.29, 0.717) is 12.1 Å². The highest BCUT2D eigenvalue weighted by molar-refractivity contribution is 5.34. The standard InChI is InChI=1S/C16H24FNO/c1-12(2)19-10-4-3-9-18-16-8-5-13-11-14(17)6-7-15(13)16/h6-7,11-12,16,18H,3-5,8-10H2,1-2H3. The highest BCUT2D eigenvalue weighted by Crippen LogP contribution is 2.31. The normalized spacial score (nSPS) is 18.0. The maximum Gasteiger partial charge on any atom is 0.123 e. The molecule has 1 aromatic carbocycles. The first-order valence-electron chi connectivity index (χ1n) is 7.30. The van der Waals surface area contributed by atoms with Gasteiger partial charge in [-0.25, -0.2) is 4.39 Å². The molecule has 0 heterocycles. The first-order chi connectivity index (χ1) is 9.16. The Labute approximate surface area is 115 Å². The van der Waals surface area contributed by atoms with Crippen molar-refractivity contribution in [3.8, 4) is 0 Å². The van der Waals surface area contributed by atoms with E-state index < -0.39 is 0 Å². The number of halogens is 1. The van der Waals surface area contributed by atoms with Crippen LogP contribution < -0.4 is 5.32 Å². The first-order valence-corrected chi connectivity index (χ1v) is 7.30. The van der Waals surface area contributed by atoms with Crippen LogP contribution in [-0.4, -0.2) is 19.3 Å². The number of aryl methyl sites for hydroxylation is 1. The molecule has 0 aromatic heterocycles. The van der Waals surface area contributed by atoms with Crippen LogP contribution in [0, 0.1) is 5.82 Å². The maximum absolute atomic E-state index is 13.1. The van der Waals surface area contributed by atoms with E-state index in [0.717, 1.165) is 38.8 Å². The van der Waals surface area contributed by atoms with Crippen LogP contribution in [0.1, 0.15) is 50.3 Å². The summed E-state index contributed by atoms with van der Waals surface area (Å²) in [6.45, 7) is 5.97. The zero-order valence-corrected chi connectivity index (χ0v) is 11.9. The van der Waals surface area contributed by atoms with Crippen LogP contribution in [-0.2, 0) is 11.2 Å². The molecule has 2 nitrogen and oxygen atoms in total. The van der Waals surface area contributed by atoms with E-state index in [9.17, 15) is 4.39 Å². The van der Waals surface area contributed by atoms with Crippen molar-refractivity contribution in [3.05, 3.63) is 35.1 Å². The smallest absolute Gasteiger partial charge is 0.123 e. The number of benzene rings is 1. The van der Waals surface area contributed by atoms with Crippen molar-refractivity contribution in [2.75, 3.05) is 13.2 Å². The van der Waals surface area contributed by atoms with Gasteiger partial charge in [-0.1, -0.05) is 6.07 Å². The molecule has 0 amide bonds. The van der Waals surface area contributed by atoms with Crippen LogP contribution >= 0.6 is 0 Å². The molecule has 0 bridgehead atoms. The lowest BCUT2D eigenvalue weighted by Gasteiger charge is -2.14. The second kappa shape index (κ2) is 7.01. The SMILES string of the molecule is CC(C)OCCCCNC1CCc2cc(F)ccc21. The number of rotatable bonds is 7. The lowest BCUT2D eigenvalue weighted by atomic mass is 10.1. The van der Waals surface area contributed by atoms with Gasteiger partial charge in [-0.3, -0.25) is 0 Å². The van der Waals surface area contributed by atoms with Gasteiger partial charge < -0.3 is 10.1 Å². The molecule has 3 heteroatoms. The highest BCUT2D eigenvalue weighted by Gasteiger charge is 2.21. The summed E-state index contributed by atoms with van der Waals surface area (Å²) in [6.07, 6.45) is 4.61. The second-order valence-corrected chi connectivity index (χ2v) is 5.52. The van der Waals surface area contributed by atoms with Crippen molar-refractivity contribution in [1.82, 2.24) is 5.32 Å². The van der Waals surface area contributed by atoms with Crippen LogP contribution in [0.15, 0.2) is 18.2 Å². The predicted octanol–water partition coefficient (Wildman–Crippen LogP) is 3.61. The maximum atomic E-state index is 13.1. The second-order valence-electron chi connectivity index (χ2n) is 5.52. The van der Waals surface area contributed by atoms with Crippen molar-refractivity contribution in [2.45, 2.75) is 51.7 Å². The Bertz CT molecular complexity index is 406. The number of nitrogens with one attached hydrogen (secondary N) is 1. The molecule has 0 aliphatic heterocycles. The molecule has 19 heavy (non-hydrogen) atoms. The molecule has 1 atom stereocenters. The molecule has 1 aliphatic carbocycles. The van der Waals surface area contributed by atoms with Crippen molar-refractivity contribution in [1.29, 1.82) is 0 Å². The fourth-order valence-electron chi connectivity index (χ4n) is 2.62. The number of fused-ring (bicyclic) bond motifs is 1. The van der Waals surface area contributed by atoms with Crippen molar-refractivity contribution in [2.24, 2.45) is 0 Å². The minimum absolute atomic E-state index is 0.120. The minimum atomic E-state index is -0.120. The molecular formula is C16H24FNO. The summed E-state index contributed by atoms with van der Waals surface area (Å²) in [7, 11) is 0. The molecule has 106 valence electrons. The van der Waals surface area contributed by atoms with Crippen LogP contribution in [0.4, 0.5) is 4.39 Å². The molecule has 1 N–H and O–H groups in total. The largest absolute Gasteiger partial charge is 0.379 e. The quantitative estimate of drug-likeness (QED) is 0.760. The van der Waals surface area contributed by atoms with Gasteiger partial charge in [-0.05, 0) is 69.3 Å². The molecule has 1 unspecified atom stereocenters. The fraction of sp³-hybridized carbons (Fsp3) is 0.625. The van der Waals surface area contributed by atoms with E-state index >= 15 is 0 Å². The summed E-state index contributed by atoms with van der Waals surface area (Å²) in [5.41, 5.74) is 2.44. The minimum Gasteiger partial charge on any atom is -0.379 e. The molecular weight excluding hydrogens is 241 g/mol. The Morgan fingerprint density at radius 1 is 1.37 bits per heavy atom. The van der Waals surface area contributed by atoms with Crippen molar-refractivity contribution < 1.29 is 9.13 Å². The molecule has 2 rings (SSSR count). The average Bonchev–Trinajstić information content (AvgIpc) is 2.75. The van der Waals surface area contributed by atoms with E-state index in [4.69, 9.17) is 4.74 Å².